The van der Waals surface area contributed by atoms with Crippen LogP contribution in [0.1, 0.15) is 48.4 Å². The Hall–Kier alpha value is -3.14. The Bertz CT molecular complexity index is 1210. The van der Waals surface area contributed by atoms with Crippen LogP contribution in [0.3, 0.4) is 0 Å². The Morgan fingerprint density at radius 3 is 2.72 bits per heavy atom. The van der Waals surface area contributed by atoms with Crippen LogP contribution >= 0.6 is 0 Å². The molecule has 2 bridgehead atoms. The molecule has 7 nitrogen and oxygen atoms in total. The SMILES string of the molecule is CCOc1nc(C(=O)Nc2cccc(C(F)(F)F)c2)cn2cc(C34COC(C)(C3)C4)nc12. The summed E-state index contributed by atoms with van der Waals surface area (Å²) in [5.41, 5.74) is 0.251. The smallest absolute Gasteiger partial charge is 0.416 e. The minimum absolute atomic E-state index is 0.000862. The number of hydrogen-bond acceptors (Lipinski definition) is 5. The molecule has 2 saturated heterocycles. The maximum Gasteiger partial charge on any atom is 0.416 e. The molecule has 3 aromatic rings. The van der Waals surface area contributed by atoms with Crippen LogP contribution in [-0.4, -0.2) is 39.1 Å². The van der Waals surface area contributed by atoms with Crippen molar-refractivity contribution in [3.05, 3.63) is 53.6 Å². The van der Waals surface area contributed by atoms with Crippen molar-refractivity contribution < 1.29 is 27.4 Å². The molecule has 0 unspecified atom stereocenters. The predicted molar refractivity (Wildman–Crippen MR) is 109 cm³/mol. The second-order valence-electron chi connectivity index (χ2n) is 8.63. The average molecular weight is 446 g/mol. The van der Waals surface area contributed by atoms with Crippen LogP contribution in [0.15, 0.2) is 36.7 Å². The first-order valence-corrected chi connectivity index (χ1v) is 10.3. The first kappa shape index (κ1) is 20.7. The highest BCUT2D eigenvalue weighted by Gasteiger charge is 2.61. The molecule has 3 aliphatic rings. The molecule has 4 heterocycles. The molecular formula is C22H21F3N4O3. The number of anilines is 1. The molecule has 2 aromatic heterocycles. The molecule has 1 N–H and O–H groups in total. The van der Waals surface area contributed by atoms with Gasteiger partial charge in [-0.25, -0.2) is 9.97 Å². The van der Waals surface area contributed by atoms with E-state index in [0.29, 0.717) is 18.9 Å². The molecule has 0 spiro atoms. The first-order valence-electron chi connectivity index (χ1n) is 10.3. The Morgan fingerprint density at radius 1 is 1.28 bits per heavy atom. The van der Waals surface area contributed by atoms with Crippen molar-refractivity contribution in [1.29, 1.82) is 0 Å². The van der Waals surface area contributed by atoms with Gasteiger partial charge in [0.25, 0.3) is 11.8 Å². The van der Waals surface area contributed by atoms with Crippen LogP contribution in [0.5, 0.6) is 5.88 Å². The number of amides is 1. The summed E-state index contributed by atoms with van der Waals surface area (Å²) in [5.74, 6) is -0.464. The van der Waals surface area contributed by atoms with E-state index in [4.69, 9.17) is 14.5 Å². The van der Waals surface area contributed by atoms with E-state index < -0.39 is 17.6 Å². The van der Waals surface area contributed by atoms with E-state index >= 15 is 0 Å². The van der Waals surface area contributed by atoms with E-state index in [1.54, 1.807) is 11.3 Å². The standard InChI is InChI=1S/C22H21F3N4O3/c1-3-31-19-17-28-16(21-10-20(2,11-21)32-12-21)9-29(17)8-15(27-19)18(30)26-14-6-4-5-13(7-14)22(23,24)25/h4-9H,3,10-12H2,1-2H3,(H,26,30). The molecule has 0 radical (unpaired) electrons. The minimum atomic E-state index is -4.51. The van der Waals surface area contributed by atoms with Crippen molar-refractivity contribution in [1.82, 2.24) is 14.4 Å². The lowest BCUT2D eigenvalue weighted by atomic mass is 9.62. The zero-order chi connectivity index (χ0) is 22.7. The predicted octanol–water partition coefficient (Wildman–Crippen LogP) is 4.22. The number of benzene rings is 1. The summed E-state index contributed by atoms with van der Waals surface area (Å²) in [6.45, 7) is 4.78. The number of halogens is 3. The van der Waals surface area contributed by atoms with Crippen molar-refractivity contribution >= 4 is 17.2 Å². The molecule has 168 valence electrons. The number of alkyl halides is 3. The summed E-state index contributed by atoms with van der Waals surface area (Å²) < 4.78 is 52.1. The zero-order valence-electron chi connectivity index (χ0n) is 17.5. The molecule has 1 amide bonds. The summed E-state index contributed by atoms with van der Waals surface area (Å²) in [6, 6.07) is 4.44. The molecule has 3 fully saturated rings. The Morgan fingerprint density at radius 2 is 2.06 bits per heavy atom. The number of rotatable bonds is 5. The van der Waals surface area contributed by atoms with E-state index in [0.717, 1.165) is 30.7 Å². The lowest BCUT2D eigenvalue weighted by molar-refractivity contribution is -0.137. The monoisotopic (exact) mass is 446 g/mol. The summed E-state index contributed by atoms with van der Waals surface area (Å²) in [4.78, 5) is 21.8. The first-order chi connectivity index (χ1) is 15.1. The van der Waals surface area contributed by atoms with Crippen molar-refractivity contribution in [3.8, 4) is 5.88 Å². The molecule has 1 aliphatic carbocycles. The van der Waals surface area contributed by atoms with Crippen molar-refractivity contribution in [2.45, 2.75) is 43.9 Å². The fraction of sp³-hybridized carbons (Fsp3) is 0.409. The fourth-order valence-electron chi connectivity index (χ4n) is 4.69. The molecule has 1 saturated carbocycles. The molecule has 0 atom stereocenters. The summed E-state index contributed by atoms with van der Waals surface area (Å²) >= 11 is 0. The summed E-state index contributed by atoms with van der Waals surface area (Å²) in [5, 5.41) is 2.48. The number of nitrogens with one attached hydrogen (secondary N) is 1. The minimum Gasteiger partial charge on any atom is -0.475 e. The molecule has 1 aromatic carbocycles. The number of carbonyl (C=O) groups is 1. The van der Waals surface area contributed by atoms with Gasteiger partial charge in [-0.05, 0) is 44.9 Å². The third-order valence-corrected chi connectivity index (χ3v) is 6.03. The van der Waals surface area contributed by atoms with Crippen LogP contribution in [0.25, 0.3) is 5.65 Å². The van der Waals surface area contributed by atoms with Gasteiger partial charge in [0.15, 0.2) is 0 Å². The maximum absolute atomic E-state index is 13.0. The Labute approximate surface area is 181 Å². The Balaban J connectivity index is 1.47. The molecule has 10 heteroatoms. The van der Waals surface area contributed by atoms with Gasteiger partial charge < -0.3 is 14.8 Å². The quantitative estimate of drug-likeness (QED) is 0.635. The van der Waals surface area contributed by atoms with Gasteiger partial charge in [-0.3, -0.25) is 9.20 Å². The van der Waals surface area contributed by atoms with Gasteiger partial charge in [0.05, 0.1) is 30.1 Å². The van der Waals surface area contributed by atoms with Crippen LogP contribution in [0.2, 0.25) is 0 Å². The Kier molecular flexibility index (Phi) is 4.49. The van der Waals surface area contributed by atoms with Crippen LogP contribution < -0.4 is 10.1 Å². The molecule has 6 rings (SSSR count). The highest BCUT2D eigenvalue weighted by Crippen LogP contribution is 2.58. The maximum atomic E-state index is 13.0. The number of nitrogens with zero attached hydrogens (tertiary/aromatic N) is 3. The van der Waals surface area contributed by atoms with Gasteiger partial charge in [0.1, 0.15) is 5.69 Å². The van der Waals surface area contributed by atoms with Crippen molar-refractivity contribution in [3.63, 3.8) is 0 Å². The molecular weight excluding hydrogens is 425 g/mol. The van der Waals surface area contributed by atoms with E-state index in [-0.39, 0.29) is 28.3 Å². The number of aromatic nitrogens is 3. The number of ether oxygens (including phenoxy) is 2. The largest absolute Gasteiger partial charge is 0.475 e. The summed E-state index contributed by atoms with van der Waals surface area (Å²) in [7, 11) is 0. The van der Waals surface area contributed by atoms with Gasteiger partial charge >= 0.3 is 6.18 Å². The third-order valence-electron chi connectivity index (χ3n) is 6.03. The lowest BCUT2D eigenvalue weighted by Crippen LogP contribution is -2.45. The third kappa shape index (κ3) is 3.38. The topological polar surface area (TPSA) is 77.8 Å². The summed E-state index contributed by atoms with van der Waals surface area (Å²) in [6.07, 6.45) is 0.596. The molecule has 2 aliphatic heterocycles. The normalized spacial score (nSPS) is 24.4. The molecule has 32 heavy (non-hydrogen) atoms. The zero-order valence-corrected chi connectivity index (χ0v) is 17.5. The van der Waals surface area contributed by atoms with E-state index in [9.17, 15) is 18.0 Å². The van der Waals surface area contributed by atoms with Crippen molar-refractivity contribution in [2.75, 3.05) is 18.5 Å². The van der Waals surface area contributed by atoms with Gasteiger partial charge in [0.2, 0.25) is 5.65 Å². The number of carbonyl (C=O) groups excluding carboxylic acids is 1. The second kappa shape index (κ2) is 6.93. The van der Waals surface area contributed by atoms with Crippen LogP contribution in [0, 0.1) is 0 Å². The van der Waals surface area contributed by atoms with Crippen LogP contribution in [0.4, 0.5) is 18.9 Å². The van der Waals surface area contributed by atoms with E-state index in [2.05, 4.69) is 17.2 Å². The van der Waals surface area contributed by atoms with E-state index in [1.807, 2.05) is 6.20 Å². The highest BCUT2D eigenvalue weighted by atomic mass is 19.4. The van der Waals surface area contributed by atoms with Gasteiger partial charge in [-0.1, -0.05) is 6.07 Å². The van der Waals surface area contributed by atoms with Gasteiger partial charge in [0, 0.05) is 23.5 Å². The average Bonchev–Trinajstić information content (AvgIpc) is 3.38. The number of imidazole rings is 1. The fourth-order valence-corrected chi connectivity index (χ4v) is 4.69. The lowest BCUT2D eigenvalue weighted by Gasteiger charge is -2.41. The number of fused-ring (bicyclic) bond motifs is 2. The number of hydrogen-bond donors (Lipinski definition) is 1. The van der Waals surface area contributed by atoms with Crippen LogP contribution in [-0.2, 0) is 16.3 Å². The van der Waals surface area contributed by atoms with Crippen molar-refractivity contribution in [2.24, 2.45) is 0 Å². The van der Waals surface area contributed by atoms with E-state index in [1.165, 1.54) is 18.3 Å². The second-order valence-corrected chi connectivity index (χ2v) is 8.63. The van der Waals surface area contributed by atoms with Gasteiger partial charge in [-0.2, -0.15) is 13.2 Å². The highest BCUT2D eigenvalue weighted by molar-refractivity contribution is 6.03. The van der Waals surface area contributed by atoms with Gasteiger partial charge in [-0.15, -0.1) is 0 Å².